The molecule has 2 N–H and O–H groups in total. The molecule has 0 aromatic carbocycles. The van der Waals surface area contributed by atoms with E-state index in [0.717, 1.165) is 17.1 Å². The van der Waals surface area contributed by atoms with Gasteiger partial charge in [0.1, 0.15) is 11.5 Å². The summed E-state index contributed by atoms with van der Waals surface area (Å²) in [6.07, 6.45) is 2.97. The van der Waals surface area contributed by atoms with Crippen LogP contribution in [0.5, 0.6) is 0 Å². The van der Waals surface area contributed by atoms with E-state index in [1.807, 2.05) is 20.8 Å². The number of aromatic nitrogens is 6. The predicted octanol–water partition coefficient (Wildman–Crippen LogP) is 3.07. The van der Waals surface area contributed by atoms with Gasteiger partial charge in [-0.05, 0) is 32.9 Å². The van der Waals surface area contributed by atoms with Gasteiger partial charge in [0.05, 0.1) is 52.4 Å². The van der Waals surface area contributed by atoms with Gasteiger partial charge in [-0.1, -0.05) is 11.6 Å². The number of nitrogens with zero attached hydrogens (tertiary/aromatic N) is 6. The summed E-state index contributed by atoms with van der Waals surface area (Å²) < 4.78 is 10.4. The monoisotopic (exact) mass is 470 g/mol. The van der Waals surface area contributed by atoms with Crippen LogP contribution in [0, 0.1) is 20.8 Å². The molecule has 0 aliphatic heterocycles. The molecule has 0 aliphatic carbocycles. The molecular formula is C21H23ClN8O3. The topological polar surface area (TPSA) is 125 Å². The minimum absolute atomic E-state index is 0.0935. The molecule has 4 aromatic rings. The van der Waals surface area contributed by atoms with Crippen molar-refractivity contribution < 1.29 is 14.0 Å². The molecule has 4 rings (SSSR count). The first kappa shape index (κ1) is 22.3. The van der Waals surface area contributed by atoms with Crippen LogP contribution in [0.4, 0.5) is 11.4 Å². The van der Waals surface area contributed by atoms with E-state index in [1.165, 1.54) is 10.9 Å². The maximum Gasteiger partial charge on any atom is 0.291 e. The summed E-state index contributed by atoms with van der Waals surface area (Å²) in [5.41, 5.74) is 3.35. The Morgan fingerprint density at radius 2 is 1.64 bits per heavy atom. The fraction of sp³-hybridized carbons (Fsp3) is 0.286. The standard InChI is InChI=1S/C21H23ClN8O3/c1-11-18(22)13(3)30(27-11)10-14-6-7-17(33-14)20(31)26-16-9-24-29(5)19(16)21(32)25-15-8-23-28(4)12(15)2/h6-9H,10H2,1-5H3,(H,25,32)(H,26,31). The van der Waals surface area contributed by atoms with Crippen LogP contribution in [-0.4, -0.2) is 41.2 Å². The van der Waals surface area contributed by atoms with Crippen molar-refractivity contribution in [3.05, 3.63) is 63.8 Å². The number of aryl methyl sites for hydroxylation is 3. The number of halogens is 1. The molecule has 0 radical (unpaired) electrons. The largest absolute Gasteiger partial charge is 0.454 e. The number of rotatable bonds is 6. The van der Waals surface area contributed by atoms with Gasteiger partial charge in [-0.25, -0.2) is 0 Å². The third-order valence-electron chi connectivity index (χ3n) is 5.37. The van der Waals surface area contributed by atoms with Crippen molar-refractivity contribution >= 4 is 34.8 Å². The van der Waals surface area contributed by atoms with Gasteiger partial charge >= 0.3 is 0 Å². The molecule has 4 aromatic heterocycles. The van der Waals surface area contributed by atoms with Crippen LogP contribution in [0.1, 0.15) is 43.9 Å². The first-order chi connectivity index (χ1) is 15.7. The van der Waals surface area contributed by atoms with Crippen molar-refractivity contribution in [2.45, 2.75) is 27.3 Å². The number of nitrogens with one attached hydrogen (secondary N) is 2. The Balaban J connectivity index is 1.49. The van der Waals surface area contributed by atoms with E-state index in [4.69, 9.17) is 16.0 Å². The molecule has 0 saturated carbocycles. The zero-order chi connectivity index (χ0) is 23.9. The maximum absolute atomic E-state index is 12.9. The first-order valence-electron chi connectivity index (χ1n) is 10.1. The molecule has 0 spiro atoms. The lowest BCUT2D eigenvalue weighted by Gasteiger charge is -2.08. The van der Waals surface area contributed by atoms with E-state index in [0.29, 0.717) is 23.0 Å². The van der Waals surface area contributed by atoms with E-state index < -0.39 is 11.8 Å². The lowest BCUT2D eigenvalue weighted by Crippen LogP contribution is -2.20. The third-order valence-corrected chi connectivity index (χ3v) is 5.92. The molecular weight excluding hydrogens is 448 g/mol. The van der Waals surface area contributed by atoms with Crippen molar-refractivity contribution in [1.29, 1.82) is 0 Å². The normalized spacial score (nSPS) is 11.1. The van der Waals surface area contributed by atoms with Crippen LogP contribution in [0.25, 0.3) is 0 Å². The zero-order valence-electron chi connectivity index (χ0n) is 18.8. The third kappa shape index (κ3) is 4.27. The summed E-state index contributed by atoms with van der Waals surface area (Å²) in [5, 5.41) is 18.7. The van der Waals surface area contributed by atoms with Crippen LogP contribution in [0.2, 0.25) is 5.02 Å². The van der Waals surface area contributed by atoms with Gasteiger partial charge in [0.15, 0.2) is 5.76 Å². The van der Waals surface area contributed by atoms with Crippen LogP contribution in [0.3, 0.4) is 0 Å². The average Bonchev–Trinajstić information content (AvgIpc) is 3.52. The number of amides is 2. The van der Waals surface area contributed by atoms with E-state index in [-0.39, 0.29) is 17.1 Å². The minimum atomic E-state index is -0.507. The number of furan rings is 1. The van der Waals surface area contributed by atoms with Crippen molar-refractivity contribution in [1.82, 2.24) is 29.3 Å². The summed E-state index contributed by atoms with van der Waals surface area (Å²) in [6.45, 7) is 5.85. The molecule has 0 saturated heterocycles. The summed E-state index contributed by atoms with van der Waals surface area (Å²) in [4.78, 5) is 25.6. The van der Waals surface area contributed by atoms with Gasteiger partial charge in [0.25, 0.3) is 11.8 Å². The number of hydrogen-bond acceptors (Lipinski definition) is 6. The van der Waals surface area contributed by atoms with Gasteiger partial charge in [-0.3, -0.25) is 23.6 Å². The molecule has 0 atom stereocenters. The highest BCUT2D eigenvalue weighted by Crippen LogP contribution is 2.22. The highest BCUT2D eigenvalue weighted by Gasteiger charge is 2.22. The number of hydrogen-bond donors (Lipinski definition) is 2. The second kappa shape index (κ2) is 8.58. The van der Waals surface area contributed by atoms with Gasteiger partial charge in [-0.2, -0.15) is 15.3 Å². The van der Waals surface area contributed by atoms with E-state index in [1.54, 1.807) is 41.8 Å². The highest BCUT2D eigenvalue weighted by molar-refractivity contribution is 6.31. The van der Waals surface area contributed by atoms with Gasteiger partial charge in [0, 0.05) is 14.1 Å². The van der Waals surface area contributed by atoms with Crippen LogP contribution in [-0.2, 0) is 20.6 Å². The predicted molar refractivity (Wildman–Crippen MR) is 122 cm³/mol. The summed E-state index contributed by atoms with van der Waals surface area (Å²) >= 11 is 6.19. The SMILES string of the molecule is Cc1nn(Cc2ccc(C(=O)Nc3cnn(C)c3C(=O)Nc3cnn(C)c3C)o2)c(C)c1Cl. The smallest absolute Gasteiger partial charge is 0.291 e. The second-order valence-electron chi connectivity index (χ2n) is 7.61. The van der Waals surface area contributed by atoms with Crippen molar-refractivity contribution in [3.8, 4) is 0 Å². The Labute approximate surface area is 194 Å². The zero-order valence-corrected chi connectivity index (χ0v) is 19.6. The first-order valence-corrected chi connectivity index (χ1v) is 10.4. The Kier molecular flexibility index (Phi) is 5.81. The van der Waals surface area contributed by atoms with Crippen molar-refractivity contribution in [3.63, 3.8) is 0 Å². The average molecular weight is 471 g/mol. The lowest BCUT2D eigenvalue weighted by atomic mass is 10.3. The molecule has 2 amide bonds. The van der Waals surface area contributed by atoms with Gasteiger partial charge in [-0.15, -0.1) is 0 Å². The second-order valence-corrected chi connectivity index (χ2v) is 7.99. The van der Waals surface area contributed by atoms with Crippen LogP contribution >= 0.6 is 11.6 Å². The van der Waals surface area contributed by atoms with E-state index in [2.05, 4.69) is 25.9 Å². The Hall–Kier alpha value is -3.86. The molecule has 0 fully saturated rings. The number of anilines is 2. The van der Waals surface area contributed by atoms with E-state index >= 15 is 0 Å². The molecule has 33 heavy (non-hydrogen) atoms. The Bertz CT molecular complexity index is 1360. The van der Waals surface area contributed by atoms with Crippen LogP contribution in [0.15, 0.2) is 28.9 Å². The van der Waals surface area contributed by atoms with Crippen molar-refractivity contribution in [2.75, 3.05) is 10.6 Å². The van der Waals surface area contributed by atoms with Crippen LogP contribution < -0.4 is 10.6 Å². The molecule has 11 nitrogen and oxygen atoms in total. The fourth-order valence-corrected chi connectivity index (χ4v) is 3.48. The number of carbonyl (C=O) groups excluding carboxylic acids is 2. The minimum Gasteiger partial charge on any atom is -0.454 e. The molecule has 4 heterocycles. The quantitative estimate of drug-likeness (QED) is 0.446. The van der Waals surface area contributed by atoms with E-state index in [9.17, 15) is 9.59 Å². The Morgan fingerprint density at radius 3 is 2.27 bits per heavy atom. The molecule has 0 bridgehead atoms. The molecule has 0 aliphatic rings. The maximum atomic E-state index is 12.9. The van der Waals surface area contributed by atoms with Gasteiger partial charge in [0.2, 0.25) is 0 Å². The fourth-order valence-electron chi connectivity index (χ4n) is 3.35. The Morgan fingerprint density at radius 1 is 0.970 bits per heavy atom. The molecule has 12 heteroatoms. The molecule has 0 unspecified atom stereocenters. The lowest BCUT2D eigenvalue weighted by molar-refractivity contribution is 0.0994. The van der Waals surface area contributed by atoms with Gasteiger partial charge < -0.3 is 15.1 Å². The highest BCUT2D eigenvalue weighted by atomic mass is 35.5. The summed E-state index contributed by atoms with van der Waals surface area (Å²) in [6, 6.07) is 3.26. The summed E-state index contributed by atoms with van der Waals surface area (Å²) in [7, 11) is 3.40. The van der Waals surface area contributed by atoms with Crippen molar-refractivity contribution in [2.24, 2.45) is 14.1 Å². The molecule has 172 valence electrons. The number of carbonyl (C=O) groups is 2. The summed E-state index contributed by atoms with van der Waals surface area (Å²) in [5.74, 6) is -0.301.